The molecular weight excluding hydrogens is 539 g/mol. The van der Waals surface area contributed by atoms with E-state index in [1.807, 2.05) is 72.8 Å². The van der Waals surface area contributed by atoms with E-state index in [1.54, 1.807) is 21.3 Å². The van der Waals surface area contributed by atoms with E-state index in [0.717, 1.165) is 28.7 Å². The Morgan fingerprint density at radius 1 is 0.605 bits per heavy atom. The molecule has 1 saturated heterocycles. The number of benzene rings is 4. The molecule has 1 saturated carbocycles. The molecule has 2 aliphatic rings. The van der Waals surface area contributed by atoms with E-state index in [9.17, 15) is 0 Å². The van der Waals surface area contributed by atoms with Crippen LogP contribution in [-0.2, 0) is 39.5 Å². The molecule has 4 atom stereocenters. The predicted octanol–water partition coefficient (Wildman–Crippen LogP) is 6.45. The maximum Gasteiger partial charge on any atom is 0.461 e. The zero-order valence-corrected chi connectivity index (χ0v) is 25.0. The zero-order valence-electron chi connectivity index (χ0n) is 25.0. The summed E-state index contributed by atoms with van der Waals surface area (Å²) in [7, 11) is 4.67. The second-order valence-corrected chi connectivity index (χ2v) is 11.3. The quantitative estimate of drug-likeness (QED) is 0.103. The lowest BCUT2D eigenvalue weighted by molar-refractivity contribution is -0.136. The lowest BCUT2D eigenvalue weighted by Crippen LogP contribution is -2.56. The summed E-state index contributed by atoms with van der Waals surface area (Å²) in [6.07, 6.45) is -0.233. The van der Waals surface area contributed by atoms with Crippen molar-refractivity contribution in [1.82, 2.24) is 0 Å². The SMILES string of the molecule is COCOC[C@H]1C[C@H]1B1O[C@@H](C(OC)(c2ccccc2)c2ccccc2)[C@H](C(OC)(c2ccccc2)c2ccccc2)O1. The van der Waals surface area contributed by atoms with Gasteiger partial charge in [-0.2, -0.15) is 0 Å². The summed E-state index contributed by atoms with van der Waals surface area (Å²) < 4.78 is 38.5. The average molecular weight is 579 g/mol. The highest BCUT2D eigenvalue weighted by Crippen LogP contribution is 2.56. The molecule has 1 aliphatic heterocycles. The molecule has 2 fully saturated rings. The first-order chi connectivity index (χ1) is 21.2. The smallest absolute Gasteiger partial charge is 0.402 e. The van der Waals surface area contributed by atoms with Crippen molar-refractivity contribution in [3.8, 4) is 0 Å². The van der Waals surface area contributed by atoms with E-state index in [1.165, 1.54) is 0 Å². The Balaban J connectivity index is 1.54. The molecule has 6 rings (SSSR count). The van der Waals surface area contributed by atoms with Crippen molar-refractivity contribution < 1.29 is 28.3 Å². The summed E-state index contributed by atoms with van der Waals surface area (Å²) in [6, 6.07) is 41.2. The minimum atomic E-state index is -1.01. The van der Waals surface area contributed by atoms with Crippen molar-refractivity contribution in [2.24, 2.45) is 5.92 Å². The Hall–Kier alpha value is -3.30. The first-order valence-electron chi connectivity index (χ1n) is 14.9. The Bertz CT molecular complexity index is 1240. The molecule has 7 heteroatoms. The zero-order chi connectivity index (χ0) is 29.7. The van der Waals surface area contributed by atoms with Gasteiger partial charge < -0.3 is 28.3 Å². The second-order valence-electron chi connectivity index (χ2n) is 11.3. The molecule has 0 N–H and O–H groups in total. The van der Waals surface area contributed by atoms with Gasteiger partial charge in [0.25, 0.3) is 0 Å². The number of ether oxygens (including phenoxy) is 4. The number of methoxy groups -OCH3 is 3. The molecule has 1 aliphatic carbocycles. The number of hydrogen-bond donors (Lipinski definition) is 0. The first-order valence-corrected chi connectivity index (χ1v) is 14.9. The molecule has 6 nitrogen and oxygen atoms in total. The summed E-state index contributed by atoms with van der Waals surface area (Å²) in [4.78, 5) is 0. The Morgan fingerprint density at radius 3 is 1.30 bits per heavy atom. The van der Waals surface area contributed by atoms with E-state index >= 15 is 0 Å². The van der Waals surface area contributed by atoms with Crippen LogP contribution in [0.3, 0.4) is 0 Å². The van der Waals surface area contributed by atoms with Gasteiger partial charge >= 0.3 is 7.12 Å². The van der Waals surface area contributed by atoms with Gasteiger partial charge in [-0.05, 0) is 40.4 Å². The van der Waals surface area contributed by atoms with Crippen molar-refractivity contribution in [3.05, 3.63) is 144 Å². The fourth-order valence-electron chi connectivity index (χ4n) is 6.80. The minimum Gasteiger partial charge on any atom is -0.402 e. The molecule has 0 spiro atoms. The van der Waals surface area contributed by atoms with Crippen LogP contribution in [0.4, 0.5) is 0 Å². The Morgan fingerprint density at radius 2 is 0.977 bits per heavy atom. The van der Waals surface area contributed by atoms with Crippen LogP contribution >= 0.6 is 0 Å². The van der Waals surface area contributed by atoms with Crippen LogP contribution in [0.1, 0.15) is 28.7 Å². The van der Waals surface area contributed by atoms with Crippen molar-refractivity contribution in [3.63, 3.8) is 0 Å². The van der Waals surface area contributed by atoms with Crippen LogP contribution in [-0.4, -0.2) is 54.1 Å². The summed E-state index contributed by atoms with van der Waals surface area (Å²) in [5.41, 5.74) is 1.89. The van der Waals surface area contributed by atoms with Crippen LogP contribution in [0.2, 0.25) is 5.82 Å². The molecule has 0 unspecified atom stereocenters. The van der Waals surface area contributed by atoms with Gasteiger partial charge in [-0.3, -0.25) is 0 Å². The third-order valence-electron chi connectivity index (χ3n) is 8.95. The number of rotatable bonds is 13. The molecule has 0 radical (unpaired) electrons. The van der Waals surface area contributed by atoms with Crippen LogP contribution in [0.5, 0.6) is 0 Å². The fourth-order valence-corrected chi connectivity index (χ4v) is 6.80. The lowest BCUT2D eigenvalue weighted by atomic mass is 9.71. The van der Waals surface area contributed by atoms with Crippen molar-refractivity contribution >= 4 is 7.12 Å². The van der Waals surface area contributed by atoms with E-state index in [-0.39, 0.29) is 12.6 Å². The summed E-state index contributed by atoms with van der Waals surface area (Å²) in [5.74, 6) is 0.488. The molecule has 1 heterocycles. The average Bonchev–Trinajstić information content (AvgIpc) is 3.72. The largest absolute Gasteiger partial charge is 0.461 e. The molecule has 43 heavy (non-hydrogen) atoms. The molecule has 0 amide bonds. The Kier molecular flexibility index (Phi) is 9.10. The third kappa shape index (κ3) is 5.46. The predicted molar refractivity (Wildman–Crippen MR) is 167 cm³/mol. The lowest BCUT2D eigenvalue weighted by Gasteiger charge is -2.47. The standard InChI is InChI=1S/C36H39BO6/c1-38-26-41-25-27-24-32(27)37-42-33(35(39-2,28-16-8-4-9-17-28)29-18-10-5-11-19-29)34(43-37)36(40-3,30-20-12-6-13-21-30)31-22-14-7-15-23-31/h4-23,27,32-34H,24-26H2,1-3H3/t27-,32-,33-,34-/m1/s1. The van der Waals surface area contributed by atoms with Crippen LogP contribution < -0.4 is 0 Å². The van der Waals surface area contributed by atoms with Crippen molar-refractivity contribution in [2.45, 2.75) is 35.6 Å². The van der Waals surface area contributed by atoms with Crippen molar-refractivity contribution in [2.75, 3.05) is 34.7 Å². The van der Waals surface area contributed by atoms with E-state index < -0.39 is 30.5 Å². The van der Waals surface area contributed by atoms with Gasteiger partial charge in [0.15, 0.2) is 0 Å². The highest BCUT2D eigenvalue weighted by atomic mass is 16.7. The topological polar surface area (TPSA) is 55.4 Å². The minimum absolute atomic E-state index is 0.173. The molecule has 0 bridgehead atoms. The van der Waals surface area contributed by atoms with Gasteiger partial charge in [-0.1, -0.05) is 121 Å². The monoisotopic (exact) mass is 578 g/mol. The highest BCUT2D eigenvalue weighted by molar-refractivity contribution is 6.48. The van der Waals surface area contributed by atoms with Crippen LogP contribution in [0.25, 0.3) is 0 Å². The molecular formula is C36H39BO6. The molecule has 4 aromatic carbocycles. The van der Waals surface area contributed by atoms with Gasteiger partial charge in [0.2, 0.25) is 0 Å². The molecule has 4 aromatic rings. The number of hydrogen-bond acceptors (Lipinski definition) is 6. The van der Waals surface area contributed by atoms with Gasteiger partial charge in [-0.15, -0.1) is 0 Å². The molecule has 0 aromatic heterocycles. The van der Waals surface area contributed by atoms with E-state index in [4.69, 9.17) is 28.3 Å². The van der Waals surface area contributed by atoms with Gasteiger partial charge in [0.05, 0.1) is 6.61 Å². The van der Waals surface area contributed by atoms with Gasteiger partial charge in [0, 0.05) is 21.3 Å². The van der Waals surface area contributed by atoms with E-state index in [0.29, 0.717) is 12.5 Å². The second kappa shape index (κ2) is 13.1. The summed E-state index contributed by atoms with van der Waals surface area (Å²) in [5, 5.41) is 0. The normalized spacial score (nSPS) is 22.1. The van der Waals surface area contributed by atoms with Crippen LogP contribution in [0.15, 0.2) is 121 Å². The third-order valence-corrected chi connectivity index (χ3v) is 8.95. The maximum absolute atomic E-state index is 7.14. The fraction of sp³-hybridized carbons (Fsp3) is 0.333. The van der Waals surface area contributed by atoms with E-state index in [2.05, 4.69) is 48.5 Å². The molecule has 222 valence electrons. The Labute approximate surface area is 255 Å². The maximum atomic E-state index is 7.14. The van der Waals surface area contributed by atoms with Crippen molar-refractivity contribution in [1.29, 1.82) is 0 Å². The summed E-state index contributed by atoms with van der Waals surface area (Å²) >= 11 is 0. The van der Waals surface area contributed by atoms with Crippen LogP contribution in [0, 0.1) is 5.92 Å². The van der Waals surface area contributed by atoms with Gasteiger partial charge in [-0.25, -0.2) is 0 Å². The summed E-state index contributed by atoms with van der Waals surface area (Å²) in [6.45, 7) is 0.862. The first kappa shape index (κ1) is 29.8. The highest BCUT2D eigenvalue weighted by Gasteiger charge is 2.65. The van der Waals surface area contributed by atoms with Gasteiger partial charge in [0.1, 0.15) is 30.2 Å².